The van der Waals surface area contributed by atoms with Gasteiger partial charge in [-0.3, -0.25) is 9.59 Å². The van der Waals surface area contributed by atoms with Crippen molar-refractivity contribution in [3.8, 4) is 0 Å². The quantitative estimate of drug-likeness (QED) is 0.493. The number of pyridine rings is 1. The van der Waals surface area contributed by atoms with Gasteiger partial charge in [0.05, 0.1) is 33.2 Å². The SMILES string of the molecule is CCc1cc(NC(=O)C(=O)N2C[C@@H](C)CC[C@@H]2c2ccc3sc(C4CN(C)CC4C)nc3c2)cnc1N. The van der Waals surface area contributed by atoms with Crippen LogP contribution in [-0.4, -0.2) is 58.3 Å². The zero-order valence-corrected chi connectivity index (χ0v) is 22.8. The van der Waals surface area contributed by atoms with Crippen molar-refractivity contribution in [2.45, 2.75) is 52.0 Å². The molecule has 1 aromatic carbocycles. The summed E-state index contributed by atoms with van der Waals surface area (Å²) in [6.45, 7) is 9.07. The fourth-order valence-corrected chi connectivity index (χ4v) is 6.94. The van der Waals surface area contributed by atoms with Crippen LogP contribution in [0.1, 0.15) is 61.7 Å². The summed E-state index contributed by atoms with van der Waals surface area (Å²) in [6.07, 6.45) is 4.01. The highest BCUT2D eigenvalue weighted by Gasteiger charge is 2.35. The highest BCUT2D eigenvalue weighted by molar-refractivity contribution is 7.18. The number of carbonyl (C=O) groups is 2. The van der Waals surface area contributed by atoms with E-state index in [9.17, 15) is 9.59 Å². The van der Waals surface area contributed by atoms with E-state index >= 15 is 0 Å². The Labute approximate surface area is 222 Å². The number of likely N-dealkylation sites (N-methyl/N-ethyl adjacent to an activating group) is 1. The molecule has 2 aliphatic rings. The number of rotatable bonds is 4. The first-order valence-electron chi connectivity index (χ1n) is 13.2. The van der Waals surface area contributed by atoms with Gasteiger partial charge in [0.15, 0.2) is 0 Å². The Bertz CT molecular complexity index is 1320. The molecule has 0 radical (unpaired) electrons. The van der Waals surface area contributed by atoms with Gasteiger partial charge in [-0.1, -0.05) is 26.8 Å². The number of aromatic nitrogens is 2. The number of nitrogens with one attached hydrogen (secondary N) is 1. The van der Waals surface area contributed by atoms with E-state index in [4.69, 9.17) is 10.7 Å². The molecule has 2 fully saturated rings. The van der Waals surface area contributed by atoms with Crippen molar-refractivity contribution in [3.05, 3.63) is 46.6 Å². The fraction of sp³-hybridized carbons (Fsp3) is 0.500. The van der Waals surface area contributed by atoms with Crippen molar-refractivity contribution in [2.75, 3.05) is 37.7 Å². The van der Waals surface area contributed by atoms with Crippen molar-refractivity contribution in [3.63, 3.8) is 0 Å². The number of benzene rings is 1. The molecule has 2 saturated heterocycles. The maximum Gasteiger partial charge on any atom is 0.313 e. The molecule has 0 aliphatic carbocycles. The number of piperidine rings is 1. The van der Waals surface area contributed by atoms with Gasteiger partial charge in [0.2, 0.25) is 0 Å². The van der Waals surface area contributed by atoms with Gasteiger partial charge in [-0.2, -0.15) is 0 Å². The topological polar surface area (TPSA) is 104 Å². The number of aryl methyl sites for hydroxylation is 1. The number of anilines is 2. The van der Waals surface area contributed by atoms with E-state index < -0.39 is 11.8 Å². The van der Waals surface area contributed by atoms with Gasteiger partial charge in [-0.15, -0.1) is 11.3 Å². The lowest BCUT2D eigenvalue weighted by Gasteiger charge is -2.38. The van der Waals surface area contributed by atoms with Crippen LogP contribution in [0.25, 0.3) is 10.2 Å². The van der Waals surface area contributed by atoms with E-state index in [0.717, 1.165) is 42.6 Å². The molecule has 0 bridgehead atoms. The molecule has 2 unspecified atom stereocenters. The molecule has 9 heteroatoms. The van der Waals surface area contributed by atoms with Crippen molar-refractivity contribution < 1.29 is 9.59 Å². The fourth-order valence-electron chi connectivity index (χ4n) is 5.77. The predicted octanol–water partition coefficient (Wildman–Crippen LogP) is 4.44. The minimum absolute atomic E-state index is 0.156. The molecule has 0 spiro atoms. The minimum Gasteiger partial charge on any atom is -0.383 e. The van der Waals surface area contributed by atoms with Gasteiger partial charge in [0.1, 0.15) is 5.82 Å². The van der Waals surface area contributed by atoms with Crippen LogP contribution in [-0.2, 0) is 16.0 Å². The predicted molar refractivity (Wildman–Crippen MR) is 149 cm³/mol. The van der Waals surface area contributed by atoms with Crippen LogP contribution in [0.4, 0.5) is 11.5 Å². The number of nitrogen functional groups attached to an aromatic ring is 1. The molecule has 2 aromatic heterocycles. The summed E-state index contributed by atoms with van der Waals surface area (Å²) >= 11 is 1.78. The number of nitrogens with two attached hydrogens (primary N) is 1. The molecule has 0 saturated carbocycles. The van der Waals surface area contributed by atoms with Gasteiger partial charge >= 0.3 is 11.8 Å². The normalized spacial score (nSPS) is 24.5. The molecule has 37 heavy (non-hydrogen) atoms. The summed E-state index contributed by atoms with van der Waals surface area (Å²) in [7, 11) is 2.17. The van der Waals surface area contributed by atoms with Crippen molar-refractivity contribution in [1.82, 2.24) is 19.8 Å². The molecular weight excluding hydrogens is 484 g/mol. The Morgan fingerprint density at radius 2 is 1.97 bits per heavy atom. The second-order valence-corrected chi connectivity index (χ2v) is 11.9. The van der Waals surface area contributed by atoms with E-state index in [2.05, 4.69) is 54.3 Å². The third kappa shape index (κ3) is 5.20. The number of likely N-dealkylation sites (tertiary alicyclic amines) is 2. The first-order chi connectivity index (χ1) is 17.7. The molecule has 5 rings (SSSR count). The van der Waals surface area contributed by atoms with Crippen LogP contribution in [0.15, 0.2) is 30.5 Å². The average molecular weight is 521 g/mol. The summed E-state index contributed by atoms with van der Waals surface area (Å²) in [5, 5.41) is 3.93. The lowest BCUT2D eigenvalue weighted by atomic mass is 9.89. The summed E-state index contributed by atoms with van der Waals surface area (Å²) in [5.74, 6) is 0.637. The highest BCUT2D eigenvalue weighted by Crippen LogP contribution is 2.39. The molecule has 4 heterocycles. The molecule has 2 amide bonds. The van der Waals surface area contributed by atoms with Gasteiger partial charge < -0.3 is 20.9 Å². The first kappa shape index (κ1) is 25.6. The molecule has 4 atom stereocenters. The average Bonchev–Trinajstić information content (AvgIpc) is 3.45. The summed E-state index contributed by atoms with van der Waals surface area (Å²) in [4.78, 5) is 39.7. The second-order valence-electron chi connectivity index (χ2n) is 10.8. The van der Waals surface area contributed by atoms with E-state index in [1.165, 1.54) is 15.9 Å². The third-order valence-corrected chi connectivity index (χ3v) is 9.01. The molecule has 3 N–H and O–H groups in total. The standard InChI is InChI=1S/C28H36N6O2S/c1-5-18-10-20(12-30-25(18)29)31-26(35)28(36)34-13-16(2)6-8-23(34)19-7-9-24-22(11-19)32-27(37-24)21-15-33(4)14-17(21)3/h7,9-12,16-17,21,23H,5-6,8,13-15H2,1-4H3,(H2,29,30)(H,31,35)/t16-,17?,21?,23+/m0/s1. The maximum atomic E-state index is 13.4. The Hall–Kier alpha value is -3.04. The van der Waals surface area contributed by atoms with E-state index in [1.807, 2.05) is 6.92 Å². The molecule has 3 aromatic rings. The van der Waals surface area contributed by atoms with Crippen LogP contribution in [0.5, 0.6) is 0 Å². The van der Waals surface area contributed by atoms with E-state index in [0.29, 0.717) is 42.2 Å². The van der Waals surface area contributed by atoms with Crippen molar-refractivity contribution in [1.29, 1.82) is 0 Å². The van der Waals surface area contributed by atoms with Crippen LogP contribution in [0.2, 0.25) is 0 Å². The lowest BCUT2D eigenvalue weighted by molar-refractivity contribution is -0.146. The Morgan fingerprint density at radius 1 is 1.16 bits per heavy atom. The Kier molecular flexibility index (Phi) is 7.18. The highest BCUT2D eigenvalue weighted by atomic mass is 32.1. The maximum absolute atomic E-state index is 13.4. The summed E-state index contributed by atoms with van der Waals surface area (Å²) in [5.41, 5.74) is 9.23. The second kappa shape index (κ2) is 10.4. The molecule has 8 nitrogen and oxygen atoms in total. The number of hydrogen-bond acceptors (Lipinski definition) is 7. The molecule has 2 aliphatic heterocycles. The Balaban J connectivity index is 1.38. The number of fused-ring (bicyclic) bond motifs is 1. The van der Waals surface area contributed by atoms with Crippen molar-refractivity contribution in [2.24, 2.45) is 11.8 Å². The third-order valence-electron chi connectivity index (χ3n) is 7.84. The number of thiazole rings is 1. The van der Waals surface area contributed by atoms with Gasteiger partial charge in [0, 0.05) is 25.6 Å². The van der Waals surface area contributed by atoms with Gasteiger partial charge in [-0.05, 0) is 67.5 Å². The number of amides is 2. The Morgan fingerprint density at radius 3 is 2.70 bits per heavy atom. The van der Waals surface area contributed by atoms with Crippen LogP contribution in [0, 0.1) is 11.8 Å². The largest absolute Gasteiger partial charge is 0.383 e. The van der Waals surface area contributed by atoms with Gasteiger partial charge in [-0.25, -0.2) is 9.97 Å². The zero-order chi connectivity index (χ0) is 26.3. The minimum atomic E-state index is -0.649. The number of carbonyl (C=O) groups excluding carboxylic acids is 2. The smallest absolute Gasteiger partial charge is 0.313 e. The van der Waals surface area contributed by atoms with E-state index in [-0.39, 0.29) is 6.04 Å². The summed E-state index contributed by atoms with van der Waals surface area (Å²) < 4.78 is 1.17. The summed E-state index contributed by atoms with van der Waals surface area (Å²) in [6, 6.07) is 7.97. The van der Waals surface area contributed by atoms with Crippen LogP contribution < -0.4 is 11.1 Å². The number of hydrogen-bond donors (Lipinski definition) is 2. The zero-order valence-electron chi connectivity index (χ0n) is 22.0. The van der Waals surface area contributed by atoms with E-state index in [1.54, 1.807) is 22.3 Å². The van der Waals surface area contributed by atoms with Crippen molar-refractivity contribution >= 4 is 44.9 Å². The van der Waals surface area contributed by atoms with Crippen LogP contribution in [0.3, 0.4) is 0 Å². The van der Waals surface area contributed by atoms with Gasteiger partial charge in [0.25, 0.3) is 0 Å². The molecule has 196 valence electrons. The first-order valence-corrected chi connectivity index (χ1v) is 14.0. The lowest BCUT2D eigenvalue weighted by Crippen LogP contribution is -2.46. The number of nitrogens with zero attached hydrogens (tertiary/aromatic N) is 4. The monoisotopic (exact) mass is 520 g/mol. The van der Waals surface area contributed by atoms with Crippen LogP contribution >= 0.6 is 11.3 Å². The molecular formula is C28H36N6O2S.